The lowest BCUT2D eigenvalue weighted by molar-refractivity contribution is 0.0368. The molecule has 166 valence electrons. The first-order chi connectivity index (χ1) is 15.3. The van der Waals surface area contributed by atoms with Gasteiger partial charge in [0.2, 0.25) is 5.95 Å². The number of nitrogens with one attached hydrogen (secondary N) is 2. The minimum atomic E-state index is 0.0535. The molecule has 4 unspecified atom stereocenters. The summed E-state index contributed by atoms with van der Waals surface area (Å²) >= 11 is 5.98. The molecule has 0 aliphatic carbocycles. The zero-order chi connectivity index (χ0) is 22.8. The minimum absolute atomic E-state index is 0.0535. The van der Waals surface area contributed by atoms with Crippen molar-refractivity contribution in [2.75, 3.05) is 5.32 Å². The van der Waals surface area contributed by atoms with Gasteiger partial charge in [0.15, 0.2) is 0 Å². The molecular formula is C25H28ClN5O. The molecule has 1 fully saturated rings. The third-order valence-electron chi connectivity index (χ3n) is 6.27. The molecule has 0 saturated carbocycles. The number of hydrogen-bond donors (Lipinski definition) is 2. The van der Waals surface area contributed by atoms with Crippen LogP contribution in [-0.2, 0) is 0 Å². The van der Waals surface area contributed by atoms with Gasteiger partial charge in [0.05, 0.1) is 5.69 Å². The maximum absolute atomic E-state index is 13.3. The Morgan fingerprint density at radius 1 is 0.938 bits per heavy atom. The largest absolute Gasteiger partial charge is 0.330 e. The Balaban J connectivity index is 1.49. The Bertz CT molecular complexity index is 1070. The van der Waals surface area contributed by atoms with Crippen LogP contribution < -0.4 is 10.6 Å². The topological polar surface area (TPSA) is 70.2 Å². The average Bonchev–Trinajstić information content (AvgIpc) is 2.79. The summed E-state index contributed by atoms with van der Waals surface area (Å²) in [7, 11) is 0. The maximum Gasteiger partial charge on any atom is 0.254 e. The Morgan fingerprint density at radius 2 is 1.56 bits per heavy atom. The van der Waals surface area contributed by atoms with E-state index in [0.717, 1.165) is 16.9 Å². The molecule has 0 spiro atoms. The van der Waals surface area contributed by atoms with Gasteiger partial charge in [-0.15, -0.1) is 0 Å². The molecule has 1 saturated heterocycles. The number of nitrogens with zero attached hydrogens (tertiary/aromatic N) is 3. The van der Waals surface area contributed by atoms with Crippen molar-refractivity contribution in [3.05, 3.63) is 71.4 Å². The Labute approximate surface area is 194 Å². The Morgan fingerprint density at radius 3 is 2.19 bits per heavy atom. The number of carbonyl (C=O) groups excluding carboxylic acids is 1. The maximum atomic E-state index is 13.3. The SMILES string of the molecule is CC1NC(C)C(C)N(C(=O)c2ccc(Nc3nccc(-c4ccc(Cl)cc4)n3)cc2)C1C. The normalized spacial score (nSPS) is 23.1. The summed E-state index contributed by atoms with van der Waals surface area (Å²) in [5.41, 5.74) is 3.25. The molecule has 2 heterocycles. The van der Waals surface area contributed by atoms with E-state index in [1.807, 2.05) is 59.5 Å². The van der Waals surface area contributed by atoms with Gasteiger partial charge in [-0.3, -0.25) is 4.79 Å². The molecule has 1 aliphatic heterocycles. The summed E-state index contributed by atoms with van der Waals surface area (Å²) < 4.78 is 0. The third-order valence-corrected chi connectivity index (χ3v) is 6.52. The number of aromatic nitrogens is 2. The lowest BCUT2D eigenvalue weighted by Gasteiger charge is -2.47. The van der Waals surface area contributed by atoms with Gasteiger partial charge in [0.1, 0.15) is 0 Å². The van der Waals surface area contributed by atoms with Crippen LogP contribution in [0.2, 0.25) is 5.02 Å². The number of carbonyl (C=O) groups is 1. The molecule has 0 radical (unpaired) electrons. The monoisotopic (exact) mass is 449 g/mol. The van der Waals surface area contributed by atoms with E-state index in [1.165, 1.54) is 0 Å². The van der Waals surface area contributed by atoms with E-state index in [4.69, 9.17) is 11.6 Å². The van der Waals surface area contributed by atoms with E-state index < -0.39 is 0 Å². The Hall–Kier alpha value is -2.96. The molecule has 1 aromatic heterocycles. The Kier molecular flexibility index (Phi) is 6.44. The quantitative estimate of drug-likeness (QED) is 0.577. The molecule has 2 aromatic carbocycles. The first-order valence-electron chi connectivity index (χ1n) is 10.9. The van der Waals surface area contributed by atoms with Crippen LogP contribution in [0.15, 0.2) is 60.8 Å². The first-order valence-corrected chi connectivity index (χ1v) is 11.3. The van der Waals surface area contributed by atoms with Crippen LogP contribution in [0.3, 0.4) is 0 Å². The molecule has 2 N–H and O–H groups in total. The lowest BCUT2D eigenvalue weighted by atomic mass is 9.96. The van der Waals surface area contributed by atoms with Gasteiger partial charge < -0.3 is 15.5 Å². The predicted molar refractivity (Wildman–Crippen MR) is 129 cm³/mol. The number of benzene rings is 2. The standard InChI is InChI=1S/C25H28ClN5O/c1-15-17(3)31(18(4)16(2)28-15)24(32)20-7-11-22(12-8-20)29-25-27-14-13-23(30-25)19-5-9-21(26)10-6-19/h5-18,28H,1-4H3,(H,27,29,30). The second-order valence-electron chi connectivity index (χ2n) is 8.41. The predicted octanol–water partition coefficient (Wildman–Crippen LogP) is 5.14. The van der Waals surface area contributed by atoms with E-state index in [-0.39, 0.29) is 30.1 Å². The van der Waals surface area contributed by atoms with Gasteiger partial charge in [-0.1, -0.05) is 23.7 Å². The van der Waals surface area contributed by atoms with Gasteiger partial charge in [-0.2, -0.15) is 0 Å². The number of halogens is 1. The van der Waals surface area contributed by atoms with Crippen LogP contribution in [0.4, 0.5) is 11.6 Å². The number of anilines is 2. The van der Waals surface area contributed by atoms with Crippen LogP contribution in [0, 0.1) is 0 Å². The van der Waals surface area contributed by atoms with Crippen LogP contribution in [0.25, 0.3) is 11.3 Å². The van der Waals surface area contributed by atoms with E-state index in [9.17, 15) is 4.79 Å². The highest BCUT2D eigenvalue weighted by Gasteiger charge is 2.37. The minimum Gasteiger partial charge on any atom is -0.330 e. The number of amides is 1. The average molecular weight is 450 g/mol. The second-order valence-corrected chi connectivity index (χ2v) is 8.85. The van der Waals surface area contributed by atoms with Crippen molar-refractivity contribution in [2.24, 2.45) is 0 Å². The van der Waals surface area contributed by atoms with Crippen LogP contribution in [0.1, 0.15) is 38.1 Å². The van der Waals surface area contributed by atoms with Gasteiger partial charge >= 0.3 is 0 Å². The molecular weight excluding hydrogens is 422 g/mol. The van der Waals surface area contributed by atoms with Crippen molar-refractivity contribution in [2.45, 2.75) is 51.9 Å². The van der Waals surface area contributed by atoms with Gasteiger partial charge in [0.25, 0.3) is 5.91 Å². The molecule has 4 rings (SSSR count). The number of hydrogen-bond acceptors (Lipinski definition) is 5. The van der Waals surface area contributed by atoms with Crippen molar-refractivity contribution >= 4 is 29.1 Å². The smallest absolute Gasteiger partial charge is 0.254 e. The molecule has 32 heavy (non-hydrogen) atoms. The third kappa shape index (κ3) is 4.61. The van der Waals surface area contributed by atoms with Crippen molar-refractivity contribution in [3.8, 4) is 11.3 Å². The highest BCUT2D eigenvalue weighted by atomic mass is 35.5. The molecule has 6 nitrogen and oxygen atoms in total. The van der Waals surface area contributed by atoms with Crippen molar-refractivity contribution in [1.82, 2.24) is 20.2 Å². The summed E-state index contributed by atoms with van der Waals surface area (Å²) in [6, 6.07) is 17.6. The summed E-state index contributed by atoms with van der Waals surface area (Å²) in [4.78, 5) is 24.1. The number of rotatable bonds is 4. The second kappa shape index (κ2) is 9.27. The lowest BCUT2D eigenvalue weighted by Crippen LogP contribution is -2.65. The van der Waals surface area contributed by atoms with E-state index in [0.29, 0.717) is 16.5 Å². The van der Waals surface area contributed by atoms with E-state index in [2.05, 4.69) is 48.3 Å². The summed E-state index contributed by atoms with van der Waals surface area (Å²) in [5, 5.41) is 7.45. The van der Waals surface area contributed by atoms with Crippen LogP contribution in [-0.4, -0.2) is 44.9 Å². The highest BCUT2D eigenvalue weighted by molar-refractivity contribution is 6.30. The van der Waals surface area contributed by atoms with Crippen LogP contribution in [0.5, 0.6) is 0 Å². The van der Waals surface area contributed by atoms with Crippen molar-refractivity contribution < 1.29 is 4.79 Å². The molecule has 7 heteroatoms. The van der Waals surface area contributed by atoms with E-state index in [1.54, 1.807) is 6.20 Å². The highest BCUT2D eigenvalue weighted by Crippen LogP contribution is 2.24. The molecule has 1 aliphatic rings. The molecule has 3 aromatic rings. The molecule has 1 amide bonds. The summed E-state index contributed by atoms with van der Waals surface area (Å²) in [6.07, 6.45) is 1.71. The van der Waals surface area contributed by atoms with Crippen molar-refractivity contribution in [1.29, 1.82) is 0 Å². The number of piperazine rings is 1. The fourth-order valence-electron chi connectivity index (χ4n) is 4.09. The van der Waals surface area contributed by atoms with Crippen LogP contribution >= 0.6 is 11.6 Å². The van der Waals surface area contributed by atoms with E-state index >= 15 is 0 Å². The molecule has 0 bridgehead atoms. The fourth-order valence-corrected chi connectivity index (χ4v) is 4.22. The summed E-state index contributed by atoms with van der Waals surface area (Å²) in [6.45, 7) is 8.44. The van der Waals surface area contributed by atoms with Crippen molar-refractivity contribution in [3.63, 3.8) is 0 Å². The fraction of sp³-hybridized carbons (Fsp3) is 0.320. The molecule has 4 atom stereocenters. The summed E-state index contributed by atoms with van der Waals surface area (Å²) in [5.74, 6) is 0.543. The zero-order valence-electron chi connectivity index (χ0n) is 18.7. The van der Waals surface area contributed by atoms with Gasteiger partial charge in [-0.25, -0.2) is 9.97 Å². The van der Waals surface area contributed by atoms with Gasteiger partial charge in [0, 0.05) is 52.2 Å². The zero-order valence-corrected chi connectivity index (χ0v) is 19.5. The van der Waals surface area contributed by atoms with Gasteiger partial charge in [-0.05, 0) is 70.2 Å². The first kappa shape index (κ1) is 22.2.